The van der Waals surface area contributed by atoms with Gasteiger partial charge < -0.3 is 20.1 Å². The van der Waals surface area contributed by atoms with Crippen LogP contribution in [0.5, 0.6) is 0 Å². The van der Waals surface area contributed by atoms with Gasteiger partial charge in [-0.25, -0.2) is 0 Å². The minimum atomic E-state index is -3.63. The summed E-state index contributed by atoms with van der Waals surface area (Å²) in [7, 11) is -2.53. The van der Waals surface area contributed by atoms with Crippen molar-refractivity contribution in [3.05, 3.63) is 5.21 Å². The molecule has 3 N–H and O–H groups in total. The van der Waals surface area contributed by atoms with Crippen molar-refractivity contribution >= 4 is 44.8 Å². The maximum absolute atomic E-state index is 10.6. The SMILES string of the molecule is COP(=O)(O)C(C)[NH2+][O-].II. The van der Waals surface area contributed by atoms with Crippen molar-refractivity contribution in [2.24, 2.45) is 0 Å². The zero-order chi connectivity index (χ0) is 9.49. The van der Waals surface area contributed by atoms with Crippen molar-refractivity contribution in [2.45, 2.75) is 12.7 Å². The van der Waals surface area contributed by atoms with Gasteiger partial charge in [0, 0.05) is 44.3 Å². The number of hydrogen-bond donors (Lipinski definition) is 2. The summed E-state index contributed by atoms with van der Waals surface area (Å²) in [4.78, 5) is 8.69. The van der Waals surface area contributed by atoms with Gasteiger partial charge in [0.05, 0.1) is 0 Å². The molecule has 0 radical (unpaired) electrons. The highest BCUT2D eigenvalue weighted by molar-refractivity contribution is 15.0. The van der Waals surface area contributed by atoms with E-state index >= 15 is 0 Å². The first kappa shape index (κ1) is 15.0. The van der Waals surface area contributed by atoms with Crippen LogP contribution in [0.25, 0.3) is 0 Å². The van der Waals surface area contributed by atoms with Gasteiger partial charge >= 0.3 is 7.60 Å². The van der Waals surface area contributed by atoms with Crippen LogP contribution in [0.4, 0.5) is 0 Å². The summed E-state index contributed by atoms with van der Waals surface area (Å²) in [5.74, 6) is -0.928. The van der Waals surface area contributed by atoms with E-state index in [9.17, 15) is 9.77 Å². The van der Waals surface area contributed by atoms with Crippen LogP contribution < -0.4 is 5.48 Å². The molecule has 70 valence electrons. The molecule has 0 rings (SSSR count). The Kier molecular flexibility index (Phi) is 11.1. The van der Waals surface area contributed by atoms with E-state index in [1.807, 2.05) is 0 Å². The molecule has 11 heavy (non-hydrogen) atoms. The van der Waals surface area contributed by atoms with Gasteiger partial charge in [0.25, 0.3) is 0 Å². The molecule has 0 spiro atoms. The number of hydrogen-bond acceptors (Lipinski definition) is 3. The zero-order valence-corrected chi connectivity index (χ0v) is 11.2. The molecule has 0 aliphatic rings. The summed E-state index contributed by atoms with van der Waals surface area (Å²) in [6.45, 7) is 1.33. The van der Waals surface area contributed by atoms with Crippen molar-refractivity contribution in [1.29, 1.82) is 0 Å². The van der Waals surface area contributed by atoms with Crippen molar-refractivity contribution in [3.63, 3.8) is 0 Å². The number of quaternary nitrogens is 1. The summed E-state index contributed by atoms with van der Waals surface area (Å²) < 4.78 is 14.8. The quantitative estimate of drug-likeness (QED) is 0.414. The van der Waals surface area contributed by atoms with E-state index in [0.29, 0.717) is 5.48 Å². The van der Waals surface area contributed by atoms with Gasteiger partial charge in [-0.3, -0.25) is 4.57 Å². The van der Waals surface area contributed by atoms with E-state index in [1.165, 1.54) is 6.92 Å². The number of hydroxylamine groups is 1. The highest BCUT2D eigenvalue weighted by Crippen LogP contribution is 2.42. The van der Waals surface area contributed by atoms with Gasteiger partial charge in [0.2, 0.25) is 0 Å². The maximum Gasteiger partial charge on any atom is 0.384 e. The first-order chi connectivity index (χ1) is 5.04. The van der Waals surface area contributed by atoms with Crippen molar-refractivity contribution in [3.8, 4) is 0 Å². The number of halogens is 2. The summed E-state index contributed by atoms with van der Waals surface area (Å²) >= 11 is 4.24. The molecule has 0 heterocycles. The smallest absolute Gasteiger partial charge is 0.384 e. The van der Waals surface area contributed by atoms with E-state index in [0.717, 1.165) is 7.11 Å². The molecule has 0 amide bonds. The van der Waals surface area contributed by atoms with Gasteiger partial charge in [0.15, 0.2) is 5.78 Å². The second-order valence-corrected chi connectivity index (χ2v) is 3.93. The molecule has 5 nitrogen and oxygen atoms in total. The third kappa shape index (κ3) is 6.67. The van der Waals surface area contributed by atoms with Crippen LogP contribution in [0.2, 0.25) is 0 Å². The molecule has 0 aromatic carbocycles. The van der Waals surface area contributed by atoms with Crippen molar-refractivity contribution in [1.82, 2.24) is 0 Å². The third-order valence-electron chi connectivity index (χ3n) is 0.973. The average molecular weight is 409 g/mol. The van der Waals surface area contributed by atoms with Crippen LogP contribution in [0.1, 0.15) is 6.92 Å². The maximum atomic E-state index is 10.6. The molecule has 2 unspecified atom stereocenters. The van der Waals surface area contributed by atoms with Gasteiger partial charge in [-0.15, -0.1) is 0 Å². The first-order valence-electron chi connectivity index (χ1n) is 2.52. The van der Waals surface area contributed by atoms with Gasteiger partial charge in [-0.2, -0.15) is 0 Å². The molecular formula is C3H10I2NO4P. The van der Waals surface area contributed by atoms with Crippen LogP contribution in [0, 0.1) is 5.21 Å². The summed E-state index contributed by atoms with van der Waals surface area (Å²) in [6.07, 6.45) is 0. The fourth-order valence-corrected chi connectivity index (χ4v) is 0.730. The molecule has 0 saturated carbocycles. The zero-order valence-electron chi connectivity index (χ0n) is 6.03. The lowest BCUT2D eigenvalue weighted by Gasteiger charge is -2.15. The third-order valence-corrected chi connectivity index (χ3v) is 2.65. The van der Waals surface area contributed by atoms with Crippen LogP contribution >= 0.6 is 44.8 Å². The first-order valence-corrected chi connectivity index (χ1v) is 10.5. The fourth-order valence-electron chi connectivity index (χ4n) is 0.243. The Hall–Kier alpha value is 1.53. The normalized spacial score (nSPS) is 17.6. The summed E-state index contributed by atoms with van der Waals surface area (Å²) in [6, 6.07) is 0. The van der Waals surface area contributed by atoms with Crippen LogP contribution in [0.3, 0.4) is 0 Å². The lowest BCUT2D eigenvalue weighted by atomic mass is 10.8. The van der Waals surface area contributed by atoms with Crippen molar-refractivity contribution in [2.75, 3.05) is 7.11 Å². The van der Waals surface area contributed by atoms with E-state index in [2.05, 4.69) is 41.8 Å². The summed E-state index contributed by atoms with van der Waals surface area (Å²) in [5.41, 5.74) is 0.393. The Morgan fingerprint density at radius 1 is 1.73 bits per heavy atom. The van der Waals surface area contributed by atoms with E-state index in [4.69, 9.17) is 4.89 Å². The highest BCUT2D eigenvalue weighted by Gasteiger charge is 2.27. The fraction of sp³-hybridized carbons (Fsp3) is 1.00. The lowest BCUT2D eigenvalue weighted by Crippen LogP contribution is -2.82. The van der Waals surface area contributed by atoms with E-state index in [1.54, 1.807) is 0 Å². The average Bonchev–Trinajstić information content (AvgIpc) is 2.06. The Bertz CT molecular complexity index is 135. The van der Waals surface area contributed by atoms with Crippen LogP contribution in [0.15, 0.2) is 0 Å². The number of rotatable bonds is 3. The highest BCUT2D eigenvalue weighted by atomic mass is 128. The largest absolute Gasteiger partial charge is 0.635 e. The lowest BCUT2D eigenvalue weighted by molar-refractivity contribution is -0.604. The second kappa shape index (κ2) is 8.14. The molecule has 0 aliphatic carbocycles. The van der Waals surface area contributed by atoms with Crippen LogP contribution in [-0.2, 0) is 9.09 Å². The molecule has 0 aromatic rings. The predicted octanol–water partition coefficient (Wildman–Crippen LogP) is 0.997. The van der Waals surface area contributed by atoms with Crippen LogP contribution in [-0.4, -0.2) is 17.8 Å². The number of nitrogens with two attached hydrogens (primary N) is 1. The molecular weight excluding hydrogens is 399 g/mol. The summed E-state index contributed by atoms with van der Waals surface area (Å²) in [5, 5.41) is 9.90. The Morgan fingerprint density at radius 3 is 2.18 bits per heavy atom. The van der Waals surface area contributed by atoms with Crippen molar-refractivity contribution < 1.29 is 19.5 Å². The predicted molar refractivity (Wildman–Crippen MR) is 59.6 cm³/mol. The molecule has 8 heteroatoms. The Labute approximate surface area is 88.7 Å². The second-order valence-electron chi connectivity index (χ2n) is 1.62. The molecule has 0 bridgehead atoms. The van der Waals surface area contributed by atoms with Gasteiger partial charge in [-0.1, -0.05) is 0 Å². The minimum absolute atomic E-state index is 0.393. The van der Waals surface area contributed by atoms with Gasteiger partial charge in [-0.05, 0) is 6.92 Å². The van der Waals surface area contributed by atoms with Gasteiger partial charge in [0.1, 0.15) is 0 Å². The monoisotopic (exact) mass is 409 g/mol. The molecule has 2 atom stereocenters. The molecule has 0 fully saturated rings. The topological polar surface area (TPSA) is 86.2 Å². The van der Waals surface area contributed by atoms with E-state index in [-0.39, 0.29) is 0 Å². The van der Waals surface area contributed by atoms with E-state index < -0.39 is 13.4 Å². The molecule has 0 saturated heterocycles. The standard InChI is InChI=1S/C3H10NO4P.I2/c1-3(4-5)9(6,7)8-2;1-2/h3H,4H2,1-2H3,(H,6,7);. The Morgan fingerprint density at radius 2 is 2.09 bits per heavy atom. The minimum Gasteiger partial charge on any atom is -0.635 e. The Balaban J connectivity index is 0. The molecule has 0 aromatic heterocycles. The molecule has 0 aliphatic heterocycles.